The second kappa shape index (κ2) is 5.73. The fraction of sp³-hybridized carbons (Fsp3) is 0.429. The first-order valence-electron chi connectivity index (χ1n) is 8.87. The highest BCUT2D eigenvalue weighted by Crippen LogP contribution is 2.42. The first kappa shape index (κ1) is 15.9. The predicted molar refractivity (Wildman–Crippen MR) is 99.5 cm³/mol. The molecular formula is C21H24O2S. The third-order valence-electron chi connectivity index (χ3n) is 5.47. The molecule has 1 unspecified atom stereocenters. The lowest BCUT2D eigenvalue weighted by molar-refractivity contribution is 0.601. The van der Waals surface area contributed by atoms with Crippen LogP contribution in [0.1, 0.15) is 44.6 Å². The van der Waals surface area contributed by atoms with Crippen molar-refractivity contribution >= 4 is 21.5 Å². The number of sulfone groups is 1. The predicted octanol–water partition coefficient (Wildman–Crippen LogP) is 3.01. The molecule has 24 heavy (non-hydrogen) atoms. The Hall–Kier alpha value is -1.61. The lowest BCUT2D eigenvalue weighted by Crippen LogP contribution is -2.34. The van der Waals surface area contributed by atoms with E-state index in [1.807, 2.05) is 6.07 Å². The molecule has 0 N–H and O–H groups in total. The first-order chi connectivity index (χ1) is 11.4. The van der Waals surface area contributed by atoms with Crippen LogP contribution in [0.15, 0.2) is 41.0 Å². The lowest BCUT2D eigenvalue weighted by Gasteiger charge is -2.32. The van der Waals surface area contributed by atoms with Crippen LogP contribution in [0.2, 0.25) is 0 Å². The molecule has 126 valence electrons. The third-order valence-corrected chi connectivity index (χ3v) is 6.33. The molecule has 3 aliphatic rings. The Balaban J connectivity index is 1.88. The highest BCUT2D eigenvalue weighted by Gasteiger charge is 2.27. The van der Waals surface area contributed by atoms with Gasteiger partial charge in [0.1, 0.15) is 0 Å². The summed E-state index contributed by atoms with van der Waals surface area (Å²) in [5.74, 6) is 0.571. The van der Waals surface area contributed by atoms with E-state index < -0.39 is 9.84 Å². The fourth-order valence-corrected chi connectivity index (χ4v) is 5.34. The van der Waals surface area contributed by atoms with Gasteiger partial charge in [-0.1, -0.05) is 37.3 Å². The van der Waals surface area contributed by atoms with E-state index >= 15 is 0 Å². The Morgan fingerprint density at radius 1 is 1.12 bits per heavy atom. The van der Waals surface area contributed by atoms with Crippen molar-refractivity contribution in [2.24, 2.45) is 5.92 Å². The Morgan fingerprint density at radius 2 is 1.92 bits per heavy atom. The van der Waals surface area contributed by atoms with Crippen molar-refractivity contribution in [3.05, 3.63) is 57.0 Å². The molecule has 1 saturated carbocycles. The van der Waals surface area contributed by atoms with Gasteiger partial charge in [0.25, 0.3) is 0 Å². The summed E-state index contributed by atoms with van der Waals surface area (Å²) >= 11 is 0. The van der Waals surface area contributed by atoms with Gasteiger partial charge in [0.2, 0.25) is 0 Å². The van der Waals surface area contributed by atoms with E-state index in [0.717, 1.165) is 12.0 Å². The molecule has 1 aromatic rings. The third kappa shape index (κ3) is 2.79. The van der Waals surface area contributed by atoms with Gasteiger partial charge in [-0.3, -0.25) is 0 Å². The Kier molecular flexibility index (Phi) is 3.80. The molecule has 4 rings (SSSR count). The van der Waals surface area contributed by atoms with E-state index in [2.05, 4.69) is 31.2 Å². The standard InChI is InChI=1S/C21H24O2S/c1-14-11-16-5-3-4-6-18(16)20-10-8-17-12-15(13-24(2,22)23)7-9-19(17)21(14)20/h7-9,11-12,14H,3-6,10,13H2,1-2H3. The Bertz CT molecular complexity index is 991. The van der Waals surface area contributed by atoms with Crippen molar-refractivity contribution in [2.45, 2.75) is 44.8 Å². The molecule has 0 aliphatic heterocycles. The molecule has 3 heteroatoms. The molecule has 0 saturated heterocycles. The largest absolute Gasteiger partial charge is 0.229 e. The zero-order valence-electron chi connectivity index (χ0n) is 14.4. The van der Waals surface area contributed by atoms with E-state index in [4.69, 9.17) is 0 Å². The number of allylic oxidation sites excluding steroid dienone is 4. The van der Waals surface area contributed by atoms with Gasteiger partial charge in [0.15, 0.2) is 9.84 Å². The van der Waals surface area contributed by atoms with Crippen LogP contribution in [0.25, 0.3) is 11.6 Å². The van der Waals surface area contributed by atoms with E-state index in [0.29, 0.717) is 5.92 Å². The summed E-state index contributed by atoms with van der Waals surface area (Å²) in [6.45, 7) is 2.30. The fourth-order valence-electron chi connectivity index (χ4n) is 4.55. The first-order valence-corrected chi connectivity index (χ1v) is 10.9. The van der Waals surface area contributed by atoms with E-state index in [9.17, 15) is 8.42 Å². The van der Waals surface area contributed by atoms with Crippen LogP contribution in [0.5, 0.6) is 0 Å². The van der Waals surface area contributed by atoms with Gasteiger partial charge in [-0.2, -0.15) is 0 Å². The summed E-state index contributed by atoms with van der Waals surface area (Å²) in [6.07, 6.45) is 12.1. The summed E-state index contributed by atoms with van der Waals surface area (Å²) in [6, 6.07) is 6.19. The van der Waals surface area contributed by atoms with Crippen LogP contribution < -0.4 is 10.4 Å². The molecule has 1 fully saturated rings. The summed E-state index contributed by atoms with van der Waals surface area (Å²) in [4.78, 5) is 0. The molecule has 2 nitrogen and oxygen atoms in total. The number of hydrogen-bond donors (Lipinski definition) is 0. The number of benzene rings is 1. The molecule has 0 amide bonds. The maximum Gasteiger partial charge on any atom is 0.151 e. The van der Waals surface area contributed by atoms with Crippen LogP contribution in [0, 0.1) is 5.92 Å². The number of fused-ring (bicyclic) bond motifs is 3. The highest BCUT2D eigenvalue weighted by molar-refractivity contribution is 7.89. The van der Waals surface area contributed by atoms with E-state index in [1.165, 1.54) is 47.9 Å². The molecular weight excluding hydrogens is 316 g/mol. The van der Waals surface area contributed by atoms with Crippen molar-refractivity contribution in [3.63, 3.8) is 0 Å². The van der Waals surface area contributed by atoms with Gasteiger partial charge in [-0.05, 0) is 70.4 Å². The smallest absolute Gasteiger partial charge is 0.151 e. The monoisotopic (exact) mass is 340 g/mol. The number of hydrogen-bond acceptors (Lipinski definition) is 2. The van der Waals surface area contributed by atoms with Gasteiger partial charge in [0.05, 0.1) is 5.75 Å². The summed E-state index contributed by atoms with van der Waals surface area (Å²) in [7, 11) is -2.99. The second-order valence-corrected chi connectivity index (χ2v) is 9.60. The van der Waals surface area contributed by atoms with Crippen molar-refractivity contribution in [2.75, 3.05) is 6.26 Å². The molecule has 1 aromatic carbocycles. The molecule has 0 bridgehead atoms. The van der Waals surface area contributed by atoms with Crippen LogP contribution >= 0.6 is 0 Å². The molecule has 0 spiro atoms. The maximum atomic E-state index is 11.6. The quantitative estimate of drug-likeness (QED) is 0.829. The van der Waals surface area contributed by atoms with Crippen LogP contribution in [0.4, 0.5) is 0 Å². The highest BCUT2D eigenvalue weighted by atomic mass is 32.2. The maximum absolute atomic E-state index is 11.6. The average molecular weight is 340 g/mol. The van der Waals surface area contributed by atoms with E-state index in [-0.39, 0.29) is 5.75 Å². The minimum Gasteiger partial charge on any atom is -0.229 e. The molecule has 3 aliphatic carbocycles. The summed E-state index contributed by atoms with van der Waals surface area (Å²) in [5.41, 5.74) is 7.08. The Labute approximate surface area is 144 Å². The summed E-state index contributed by atoms with van der Waals surface area (Å²) < 4.78 is 23.2. The Morgan fingerprint density at radius 3 is 2.71 bits per heavy atom. The minimum absolute atomic E-state index is 0.122. The van der Waals surface area contributed by atoms with Crippen molar-refractivity contribution in [3.8, 4) is 0 Å². The van der Waals surface area contributed by atoms with Crippen molar-refractivity contribution < 1.29 is 8.42 Å². The van der Waals surface area contributed by atoms with Crippen LogP contribution in [-0.2, 0) is 15.6 Å². The van der Waals surface area contributed by atoms with Gasteiger partial charge in [-0.25, -0.2) is 8.42 Å². The van der Waals surface area contributed by atoms with Gasteiger partial charge >= 0.3 is 0 Å². The zero-order valence-corrected chi connectivity index (χ0v) is 15.2. The SMILES string of the molecule is CC1C=C2CCCCC2=C2CC=c3cc(CS(C)(=O)=O)ccc3=C21. The van der Waals surface area contributed by atoms with Gasteiger partial charge in [0, 0.05) is 12.2 Å². The van der Waals surface area contributed by atoms with E-state index in [1.54, 1.807) is 16.7 Å². The normalized spacial score (nSPS) is 23.0. The van der Waals surface area contributed by atoms with Crippen LogP contribution in [-0.4, -0.2) is 14.7 Å². The van der Waals surface area contributed by atoms with Crippen molar-refractivity contribution in [1.29, 1.82) is 0 Å². The topological polar surface area (TPSA) is 34.1 Å². The molecule has 0 aromatic heterocycles. The second-order valence-electron chi connectivity index (χ2n) is 7.46. The van der Waals surface area contributed by atoms with Gasteiger partial charge < -0.3 is 0 Å². The van der Waals surface area contributed by atoms with Crippen molar-refractivity contribution in [1.82, 2.24) is 0 Å². The zero-order chi connectivity index (χ0) is 16.9. The molecule has 1 atom stereocenters. The summed E-state index contributed by atoms with van der Waals surface area (Å²) in [5, 5.41) is 2.50. The minimum atomic E-state index is -2.99. The van der Waals surface area contributed by atoms with Gasteiger partial charge in [-0.15, -0.1) is 0 Å². The lowest BCUT2D eigenvalue weighted by atomic mass is 9.72. The molecule has 0 heterocycles. The molecule has 0 radical (unpaired) electrons. The van der Waals surface area contributed by atoms with Crippen LogP contribution in [0.3, 0.4) is 0 Å². The average Bonchev–Trinajstić information content (AvgIpc) is 2.52. The number of rotatable bonds is 2.